The van der Waals surface area contributed by atoms with Gasteiger partial charge in [-0.25, -0.2) is 4.79 Å². The molecule has 0 saturated carbocycles. The molecule has 152 valence electrons. The summed E-state index contributed by atoms with van der Waals surface area (Å²) in [5, 5.41) is 21.6. The number of nitrogens with one attached hydrogen (secondary N) is 1. The normalized spacial score (nSPS) is 12.1. The first-order valence-electron chi connectivity index (χ1n) is 8.55. The Morgan fingerprint density at radius 2 is 1.50 bits per heavy atom. The van der Waals surface area contributed by atoms with Gasteiger partial charge in [0.1, 0.15) is 5.69 Å². The summed E-state index contributed by atoms with van der Waals surface area (Å²) in [6.07, 6.45) is 0. The summed E-state index contributed by atoms with van der Waals surface area (Å²) in [6.45, 7) is 0. The molecular formula is C20H16N4O5S. The van der Waals surface area contributed by atoms with Gasteiger partial charge in [-0.05, 0) is 36.4 Å². The number of benzene rings is 3. The fraction of sp³-hybridized carbons (Fsp3) is 0. The Morgan fingerprint density at radius 3 is 2.13 bits per heavy atom. The average molecular weight is 424 g/mol. The van der Waals surface area contributed by atoms with E-state index in [4.69, 9.17) is 4.55 Å². The van der Waals surface area contributed by atoms with Crippen molar-refractivity contribution in [1.29, 1.82) is 0 Å². The highest BCUT2D eigenvalue weighted by molar-refractivity contribution is 7.85. The van der Waals surface area contributed by atoms with E-state index >= 15 is 0 Å². The summed E-state index contributed by atoms with van der Waals surface area (Å²) in [7, 11) is -4.29. The topological polar surface area (TPSA) is 141 Å². The predicted molar refractivity (Wildman–Crippen MR) is 111 cm³/mol. The van der Waals surface area contributed by atoms with Crippen LogP contribution in [0.3, 0.4) is 0 Å². The number of azo groups is 1. The number of carbonyl (C=O) groups is 1. The molecule has 30 heavy (non-hydrogen) atoms. The molecule has 0 radical (unpaired) electrons. The smallest absolute Gasteiger partial charge is 0.337 e. The van der Waals surface area contributed by atoms with Crippen LogP contribution < -0.4 is 5.43 Å². The minimum atomic E-state index is -4.29. The zero-order valence-corrected chi connectivity index (χ0v) is 16.2. The molecule has 3 aromatic rings. The second-order valence-electron chi connectivity index (χ2n) is 5.93. The van der Waals surface area contributed by atoms with Crippen molar-refractivity contribution in [3.8, 4) is 0 Å². The van der Waals surface area contributed by atoms with E-state index in [9.17, 15) is 18.3 Å². The van der Waals surface area contributed by atoms with Crippen LogP contribution in [0.2, 0.25) is 0 Å². The molecule has 9 nitrogen and oxygen atoms in total. The Bertz CT molecular complexity index is 1210. The highest BCUT2D eigenvalue weighted by atomic mass is 32.2. The molecule has 0 aliphatic rings. The number of hydrogen-bond acceptors (Lipinski definition) is 6. The number of carboxylic acids is 1. The minimum Gasteiger partial charge on any atom is -0.478 e. The summed E-state index contributed by atoms with van der Waals surface area (Å²) in [6, 6.07) is 20.4. The van der Waals surface area contributed by atoms with Crippen LogP contribution in [0.15, 0.2) is 99.1 Å². The van der Waals surface area contributed by atoms with Crippen molar-refractivity contribution >= 4 is 33.3 Å². The molecule has 3 N–H and O–H groups in total. The zero-order valence-electron chi connectivity index (χ0n) is 15.4. The molecule has 10 heteroatoms. The molecule has 0 aliphatic carbocycles. The SMILES string of the molecule is O=C(O)c1ccccc1N=N/C(=N/Nc1ccc(S(=O)(=O)O)cc1)c1ccccc1. The largest absolute Gasteiger partial charge is 0.478 e. The second kappa shape index (κ2) is 9.07. The minimum absolute atomic E-state index is 0.00224. The van der Waals surface area contributed by atoms with Crippen molar-refractivity contribution in [2.24, 2.45) is 15.3 Å². The number of rotatable bonds is 6. The molecule has 3 aromatic carbocycles. The van der Waals surface area contributed by atoms with Crippen LogP contribution in [0.5, 0.6) is 0 Å². The third-order valence-electron chi connectivity index (χ3n) is 3.86. The predicted octanol–water partition coefficient (Wildman–Crippen LogP) is 4.19. The maximum atomic E-state index is 11.3. The Kier molecular flexibility index (Phi) is 6.30. The van der Waals surface area contributed by atoms with E-state index in [-0.39, 0.29) is 22.0 Å². The summed E-state index contributed by atoms with van der Waals surface area (Å²) >= 11 is 0. The lowest BCUT2D eigenvalue weighted by Gasteiger charge is -2.05. The Balaban J connectivity index is 1.91. The van der Waals surface area contributed by atoms with Gasteiger partial charge in [-0.2, -0.15) is 13.5 Å². The van der Waals surface area contributed by atoms with Crippen LogP contribution in [0, 0.1) is 0 Å². The molecule has 0 aliphatic heterocycles. The van der Waals surface area contributed by atoms with E-state index < -0.39 is 16.1 Å². The maximum Gasteiger partial charge on any atom is 0.337 e. The van der Waals surface area contributed by atoms with Crippen LogP contribution in [0.4, 0.5) is 11.4 Å². The summed E-state index contributed by atoms with van der Waals surface area (Å²) in [5.41, 5.74) is 3.97. The van der Waals surface area contributed by atoms with Gasteiger partial charge >= 0.3 is 5.97 Å². The van der Waals surface area contributed by atoms with Gasteiger partial charge in [0.2, 0.25) is 5.84 Å². The van der Waals surface area contributed by atoms with Gasteiger partial charge in [0, 0.05) is 5.56 Å². The molecule has 0 amide bonds. The Morgan fingerprint density at radius 1 is 0.867 bits per heavy atom. The number of hydrazone groups is 1. The summed E-state index contributed by atoms with van der Waals surface area (Å²) in [5.74, 6) is -0.950. The molecule has 3 rings (SSSR count). The summed E-state index contributed by atoms with van der Waals surface area (Å²) < 4.78 is 31.3. The molecule has 0 unspecified atom stereocenters. The lowest BCUT2D eigenvalue weighted by Crippen LogP contribution is -2.02. The van der Waals surface area contributed by atoms with Gasteiger partial charge in [-0.1, -0.05) is 42.5 Å². The van der Waals surface area contributed by atoms with Crippen molar-refractivity contribution in [3.63, 3.8) is 0 Å². The maximum absolute atomic E-state index is 11.3. The fourth-order valence-corrected chi connectivity index (χ4v) is 2.87. The highest BCUT2D eigenvalue weighted by Gasteiger charge is 2.10. The zero-order chi connectivity index (χ0) is 21.6. The average Bonchev–Trinajstić information content (AvgIpc) is 2.74. The number of nitrogens with zero attached hydrogens (tertiary/aromatic N) is 3. The van der Waals surface area contributed by atoms with Gasteiger partial charge < -0.3 is 5.11 Å². The second-order valence-corrected chi connectivity index (χ2v) is 7.36. The van der Waals surface area contributed by atoms with Crippen LogP contribution >= 0.6 is 0 Å². The van der Waals surface area contributed by atoms with Crippen LogP contribution in [0.25, 0.3) is 0 Å². The van der Waals surface area contributed by atoms with Crippen molar-refractivity contribution in [2.45, 2.75) is 4.90 Å². The van der Waals surface area contributed by atoms with Gasteiger partial charge in [0.15, 0.2) is 0 Å². The van der Waals surface area contributed by atoms with Crippen LogP contribution in [0.1, 0.15) is 15.9 Å². The van der Waals surface area contributed by atoms with Gasteiger partial charge in [0.05, 0.1) is 16.1 Å². The lowest BCUT2D eigenvalue weighted by atomic mass is 10.2. The molecule has 0 atom stereocenters. The van der Waals surface area contributed by atoms with Gasteiger partial charge in [-0.15, -0.1) is 10.2 Å². The first-order chi connectivity index (χ1) is 14.3. The molecule has 0 heterocycles. The molecule has 0 fully saturated rings. The standard InChI is InChI=1S/C20H16N4O5S/c25-20(26)17-8-4-5-9-18(17)22-24-19(14-6-2-1-3-7-14)23-21-15-10-12-16(13-11-15)30(27,28)29/h1-13,21H,(H,25,26)(H,27,28,29)/b23-19+,24-22?. The van der Waals surface area contributed by atoms with E-state index in [1.165, 1.54) is 36.4 Å². The molecule has 0 aromatic heterocycles. The van der Waals surface area contributed by atoms with Crippen molar-refractivity contribution in [3.05, 3.63) is 90.0 Å². The lowest BCUT2D eigenvalue weighted by molar-refractivity contribution is 0.0697. The van der Waals surface area contributed by atoms with Crippen molar-refractivity contribution in [2.75, 3.05) is 5.43 Å². The Hall–Kier alpha value is -3.89. The number of anilines is 1. The molecule has 0 spiro atoms. The van der Waals surface area contributed by atoms with E-state index in [2.05, 4.69) is 20.8 Å². The third-order valence-corrected chi connectivity index (χ3v) is 4.73. The van der Waals surface area contributed by atoms with Crippen molar-refractivity contribution in [1.82, 2.24) is 0 Å². The van der Waals surface area contributed by atoms with Gasteiger partial charge in [-0.3, -0.25) is 9.98 Å². The Labute approximate surface area is 172 Å². The molecule has 0 bridgehead atoms. The first kappa shape index (κ1) is 20.8. The monoisotopic (exact) mass is 424 g/mol. The number of aromatic carboxylic acids is 1. The summed E-state index contributed by atoms with van der Waals surface area (Å²) in [4.78, 5) is 11.1. The quantitative estimate of drug-likeness (QED) is 0.178. The van der Waals surface area contributed by atoms with Crippen LogP contribution in [-0.4, -0.2) is 29.9 Å². The van der Waals surface area contributed by atoms with Crippen LogP contribution in [-0.2, 0) is 10.1 Å². The number of carboxylic acid groups (broad SMARTS) is 1. The van der Waals surface area contributed by atoms with E-state index in [1.54, 1.807) is 36.4 Å². The van der Waals surface area contributed by atoms with Crippen molar-refractivity contribution < 1.29 is 22.9 Å². The van der Waals surface area contributed by atoms with Gasteiger partial charge in [0.25, 0.3) is 10.1 Å². The van der Waals surface area contributed by atoms with E-state index in [0.717, 1.165) is 0 Å². The highest BCUT2D eigenvalue weighted by Crippen LogP contribution is 2.20. The fourth-order valence-electron chi connectivity index (χ4n) is 2.39. The first-order valence-corrected chi connectivity index (χ1v) is 9.99. The van der Waals surface area contributed by atoms with E-state index in [0.29, 0.717) is 11.3 Å². The number of hydrogen-bond donors (Lipinski definition) is 3. The third kappa shape index (κ3) is 5.34. The number of amidine groups is 1. The molecular weight excluding hydrogens is 408 g/mol. The molecule has 0 saturated heterocycles. The van der Waals surface area contributed by atoms with E-state index in [1.807, 2.05) is 6.07 Å².